The van der Waals surface area contributed by atoms with Gasteiger partial charge in [-0.05, 0) is 29.8 Å². The molecule has 0 spiro atoms. The largest absolute Gasteiger partial charge is 0.457 e. The first-order valence-electron chi connectivity index (χ1n) is 8.21. The smallest absolute Gasteiger partial charge is 0.184 e. The van der Waals surface area contributed by atoms with Crippen molar-refractivity contribution in [2.75, 3.05) is 0 Å². The summed E-state index contributed by atoms with van der Waals surface area (Å²) in [5, 5.41) is 12.6. The first-order chi connectivity index (χ1) is 12.9. The van der Waals surface area contributed by atoms with Crippen molar-refractivity contribution >= 4 is 6.21 Å². The maximum atomic E-state index is 5.86. The van der Waals surface area contributed by atoms with Gasteiger partial charge in [-0.25, -0.2) is 0 Å². The van der Waals surface area contributed by atoms with Gasteiger partial charge in [-0.1, -0.05) is 60.7 Å². The van der Waals surface area contributed by atoms with Crippen LogP contribution < -0.4 is 4.74 Å². The van der Waals surface area contributed by atoms with Gasteiger partial charge in [0.15, 0.2) is 5.82 Å². The summed E-state index contributed by atoms with van der Waals surface area (Å²) >= 11 is 0. The van der Waals surface area contributed by atoms with Gasteiger partial charge in [0.05, 0.1) is 6.21 Å². The molecule has 1 aromatic heterocycles. The third kappa shape index (κ3) is 3.67. The van der Waals surface area contributed by atoms with Crippen LogP contribution in [0, 0.1) is 0 Å². The van der Waals surface area contributed by atoms with Crippen LogP contribution in [0.5, 0.6) is 11.5 Å². The second kappa shape index (κ2) is 7.44. The van der Waals surface area contributed by atoms with E-state index in [4.69, 9.17) is 4.74 Å². The Kier molecular flexibility index (Phi) is 4.52. The highest BCUT2D eigenvalue weighted by Gasteiger charge is 2.05. The molecule has 0 bridgehead atoms. The first-order valence-corrected chi connectivity index (χ1v) is 8.21. The van der Waals surface area contributed by atoms with Gasteiger partial charge in [0.2, 0.25) is 0 Å². The number of rotatable bonds is 5. The Hall–Kier alpha value is -3.73. The number of hydrogen-bond acceptors (Lipinski definition) is 4. The van der Waals surface area contributed by atoms with E-state index in [0.29, 0.717) is 5.82 Å². The van der Waals surface area contributed by atoms with Crippen molar-refractivity contribution in [3.63, 3.8) is 0 Å². The van der Waals surface area contributed by atoms with Gasteiger partial charge < -0.3 is 4.74 Å². The molecule has 0 unspecified atom stereocenters. The number of nitrogens with zero attached hydrogens (tertiary/aromatic N) is 4. The SMILES string of the molecule is C(=N/n1cnnc1-c1ccccc1)/c1cccc(Oc2ccccc2)c1. The van der Waals surface area contributed by atoms with E-state index < -0.39 is 0 Å². The molecule has 126 valence electrons. The molecular formula is C21H16N4O. The number of para-hydroxylation sites is 1. The summed E-state index contributed by atoms with van der Waals surface area (Å²) in [6.45, 7) is 0. The van der Waals surface area contributed by atoms with Gasteiger partial charge >= 0.3 is 0 Å². The standard InChI is InChI=1S/C21H16N4O/c1-3-9-18(10-4-1)21-24-22-16-25(21)23-15-17-8-7-13-20(14-17)26-19-11-5-2-6-12-19/h1-16H/b23-15-. The highest BCUT2D eigenvalue weighted by atomic mass is 16.5. The lowest BCUT2D eigenvalue weighted by atomic mass is 10.2. The van der Waals surface area contributed by atoms with Crippen LogP contribution in [-0.4, -0.2) is 21.1 Å². The fourth-order valence-electron chi connectivity index (χ4n) is 2.50. The molecule has 0 fully saturated rings. The van der Waals surface area contributed by atoms with Crippen LogP contribution in [0.25, 0.3) is 11.4 Å². The Morgan fingerprint density at radius 1 is 0.808 bits per heavy atom. The van der Waals surface area contributed by atoms with E-state index in [-0.39, 0.29) is 0 Å². The van der Waals surface area contributed by atoms with Crippen LogP contribution in [0.15, 0.2) is 96.4 Å². The van der Waals surface area contributed by atoms with Crippen LogP contribution >= 0.6 is 0 Å². The first kappa shape index (κ1) is 15.8. The van der Waals surface area contributed by atoms with Crippen molar-refractivity contribution in [2.45, 2.75) is 0 Å². The molecule has 4 rings (SSSR count). The molecule has 0 aliphatic carbocycles. The predicted molar refractivity (Wildman–Crippen MR) is 101 cm³/mol. The summed E-state index contributed by atoms with van der Waals surface area (Å²) in [6, 6.07) is 27.3. The van der Waals surface area contributed by atoms with Gasteiger partial charge in [-0.15, -0.1) is 10.2 Å². The van der Waals surface area contributed by atoms with Crippen molar-refractivity contribution < 1.29 is 4.74 Å². The molecule has 0 radical (unpaired) electrons. The van der Waals surface area contributed by atoms with Crippen LogP contribution in [0.2, 0.25) is 0 Å². The summed E-state index contributed by atoms with van der Waals surface area (Å²) < 4.78 is 7.51. The van der Waals surface area contributed by atoms with Gasteiger partial charge in [-0.2, -0.15) is 9.78 Å². The van der Waals surface area contributed by atoms with E-state index >= 15 is 0 Å². The minimum Gasteiger partial charge on any atom is -0.457 e. The second-order valence-electron chi connectivity index (χ2n) is 5.60. The highest BCUT2D eigenvalue weighted by Crippen LogP contribution is 2.21. The Morgan fingerprint density at radius 2 is 1.54 bits per heavy atom. The predicted octanol–water partition coefficient (Wildman–Crippen LogP) is 4.62. The Morgan fingerprint density at radius 3 is 2.35 bits per heavy atom. The minimum absolute atomic E-state index is 0.693. The zero-order chi connectivity index (χ0) is 17.6. The summed E-state index contributed by atoms with van der Waals surface area (Å²) in [6.07, 6.45) is 3.34. The highest BCUT2D eigenvalue weighted by molar-refractivity contribution is 5.80. The average molecular weight is 340 g/mol. The lowest BCUT2D eigenvalue weighted by Crippen LogP contribution is -1.93. The van der Waals surface area contributed by atoms with E-state index in [1.165, 1.54) is 0 Å². The number of ether oxygens (including phenoxy) is 1. The van der Waals surface area contributed by atoms with Crippen molar-refractivity contribution in [3.8, 4) is 22.9 Å². The maximum absolute atomic E-state index is 5.86. The topological polar surface area (TPSA) is 52.3 Å². The number of benzene rings is 3. The van der Waals surface area contributed by atoms with E-state index in [1.807, 2.05) is 84.9 Å². The quantitative estimate of drug-likeness (QED) is 0.498. The fourth-order valence-corrected chi connectivity index (χ4v) is 2.50. The molecule has 26 heavy (non-hydrogen) atoms. The minimum atomic E-state index is 0.693. The third-order valence-electron chi connectivity index (χ3n) is 3.73. The number of hydrogen-bond donors (Lipinski definition) is 0. The van der Waals surface area contributed by atoms with E-state index in [9.17, 15) is 0 Å². The molecule has 5 nitrogen and oxygen atoms in total. The second-order valence-corrected chi connectivity index (χ2v) is 5.60. The molecule has 0 saturated heterocycles. The normalized spacial score (nSPS) is 10.9. The van der Waals surface area contributed by atoms with Crippen LogP contribution in [0.1, 0.15) is 5.56 Å². The summed E-state index contributed by atoms with van der Waals surface area (Å²) in [5.74, 6) is 2.25. The molecule has 1 heterocycles. The van der Waals surface area contributed by atoms with Crippen molar-refractivity contribution in [1.82, 2.24) is 14.9 Å². The Labute approximate surface area is 151 Å². The number of aromatic nitrogens is 3. The molecule has 4 aromatic rings. The van der Waals surface area contributed by atoms with Crippen LogP contribution in [0.4, 0.5) is 0 Å². The molecule has 0 amide bonds. The van der Waals surface area contributed by atoms with Crippen molar-refractivity contribution in [1.29, 1.82) is 0 Å². The molecular weight excluding hydrogens is 324 g/mol. The van der Waals surface area contributed by atoms with E-state index in [2.05, 4.69) is 15.3 Å². The van der Waals surface area contributed by atoms with Gasteiger partial charge in [0.1, 0.15) is 17.8 Å². The van der Waals surface area contributed by atoms with Crippen molar-refractivity contribution in [2.24, 2.45) is 5.10 Å². The van der Waals surface area contributed by atoms with Crippen LogP contribution in [-0.2, 0) is 0 Å². The molecule has 3 aromatic carbocycles. The monoisotopic (exact) mass is 340 g/mol. The van der Waals surface area contributed by atoms with Crippen LogP contribution in [0.3, 0.4) is 0 Å². The van der Waals surface area contributed by atoms with Gasteiger partial charge in [0, 0.05) is 5.56 Å². The molecule has 0 saturated carbocycles. The molecule has 0 aliphatic rings. The zero-order valence-corrected chi connectivity index (χ0v) is 13.9. The molecule has 5 heteroatoms. The lowest BCUT2D eigenvalue weighted by Gasteiger charge is -2.06. The zero-order valence-electron chi connectivity index (χ0n) is 13.9. The summed E-state index contributed by atoms with van der Waals surface area (Å²) in [7, 11) is 0. The van der Waals surface area contributed by atoms with Crippen molar-refractivity contribution in [3.05, 3.63) is 96.8 Å². The Balaban J connectivity index is 1.55. The lowest BCUT2D eigenvalue weighted by molar-refractivity contribution is 0.482. The average Bonchev–Trinajstić information content (AvgIpc) is 3.17. The molecule has 0 atom stereocenters. The molecule has 0 N–H and O–H groups in total. The fraction of sp³-hybridized carbons (Fsp3) is 0. The Bertz CT molecular complexity index is 1010. The molecule has 0 aliphatic heterocycles. The summed E-state index contributed by atoms with van der Waals surface area (Å²) in [5.41, 5.74) is 1.88. The third-order valence-corrected chi connectivity index (χ3v) is 3.73. The van der Waals surface area contributed by atoms with Gasteiger partial charge in [-0.3, -0.25) is 0 Å². The summed E-state index contributed by atoms with van der Waals surface area (Å²) in [4.78, 5) is 0. The van der Waals surface area contributed by atoms with E-state index in [0.717, 1.165) is 22.6 Å². The van der Waals surface area contributed by atoms with E-state index in [1.54, 1.807) is 17.2 Å². The van der Waals surface area contributed by atoms with Gasteiger partial charge in [0.25, 0.3) is 0 Å². The maximum Gasteiger partial charge on any atom is 0.184 e.